The molecule has 0 bridgehead atoms. The van der Waals surface area contributed by atoms with Crippen molar-refractivity contribution in [1.82, 2.24) is 0 Å². The van der Waals surface area contributed by atoms with E-state index in [0.29, 0.717) is 0 Å². The second kappa shape index (κ2) is 3.98. The molecule has 0 aromatic rings. The molecule has 2 nitrogen and oxygen atoms in total. The standard InChI is InChI=1S/C6H12O2.Li/c1-6(2,3)4-5(7)8;/h4H2,1-3H3,(H,7,8);/q;+1/p-1. The van der Waals surface area contributed by atoms with Gasteiger partial charge in [0.1, 0.15) is 0 Å². The predicted octanol–water partition coefficient (Wildman–Crippen LogP) is -2.82. The number of carbonyl (C=O) groups excluding carboxylic acids is 1. The van der Waals surface area contributed by atoms with Gasteiger partial charge in [0.05, 0.1) is 0 Å². The van der Waals surface area contributed by atoms with Crippen LogP contribution in [-0.4, -0.2) is 5.97 Å². The van der Waals surface area contributed by atoms with Crippen LogP contribution in [0.3, 0.4) is 0 Å². The zero-order valence-electron chi connectivity index (χ0n) is 6.52. The molecule has 48 valence electrons. The minimum Gasteiger partial charge on any atom is -0.550 e. The second-order valence-electron chi connectivity index (χ2n) is 3.11. The number of carbonyl (C=O) groups is 1. The van der Waals surface area contributed by atoms with E-state index in [1.165, 1.54) is 0 Å². The van der Waals surface area contributed by atoms with Gasteiger partial charge in [-0.2, -0.15) is 0 Å². The summed E-state index contributed by atoms with van der Waals surface area (Å²) in [6, 6.07) is 0. The molecule has 0 fully saturated rings. The molecule has 0 aliphatic rings. The molecule has 0 amide bonds. The van der Waals surface area contributed by atoms with Crippen LogP contribution >= 0.6 is 0 Å². The summed E-state index contributed by atoms with van der Waals surface area (Å²) in [5.74, 6) is -0.975. The van der Waals surface area contributed by atoms with Crippen molar-refractivity contribution in [3.05, 3.63) is 0 Å². The molecule has 0 aromatic carbocycles. The molecule has 0 unspecified atom stereocenters. The van der Waals surface area contributed by atoms with Crippen molar-refractivity contribution in [2.75, 3.05) is 0 Å². The molecule has 0 heterocycles. The van der Waals surface area contributed by atoms with Crippen LogP contribution in [0.2, 0.25) is 0 Å². The van der Waals surface area contributed by atoms with Gasteiger partial charge >= 0.3 is 18.9 Å². The first-order valence-corrected chi connectivity index (χ1v) is 2.62. The Morgan fingerprint density at radius 3 is 1.78 bits per heavy atom. The van der Waals surface area contributed by atoms with Crippen LogP contribution < -0.4 is 24.0 Å². The molecule has 0 aliphatic carbocycles. The average Bonchev–Trinajstić information content (AvgIpc) is 1.21. The Labute approximate surface area is 67.8 Å². The zero-order valence-corrected chi connectivity index (χ0v) is 6.52. The maximum atomic E-state index is 9.90. The van der Waals surface area contributed by atoms with Gasteiger partial charge in [0.2, 0.25) is 0 Å². The van der Waals surface area contributed by atoms with Gasteiger partial charge < -0.3 is 9.90 Å². The number of hydrogen-bond donors (Lipinski definition) is 0. The van der Waals surface area contributed by atoms with Crippen molar-refractivity contribution >= 4 is 5.97 Å². The van der Waals surface area contributed by atoms with E-state index in [4.69, 9.17) is 0 Å². The Bertz CT molecular complexity index is 93.7. The van der Waals surface area contributed by atoms with Crippen LogP contribution in [0.15, 0.2) is 0 Å². The molecule has 0 saturated carbocycles. The Hall–Kier alpha value is 0.0674. The quantitative estimate of drug-likeness (QED) is 0.352. The van der Waals surface area contributed by atoms with E-state index < -0.39 is 5.97 Å². The molecule has 0 radical (unpaired) electrons. The normalized spacial score (nSPS) is 10.1. The average molecular weight is 122 g/mol. The summed E-state index contributed by atoms with van der Waals surface area (Å²) in [5.41, 5.74) is -0.140. The van der Waals surface area contributed by atoms with Gasteiger partial charge in [-0.1, -0.05) is 20.8 Å². The van der Waals surface area contributed by atoms with Gasteiger partial charge in [-0.25, -0.2) is 0 Å². The maximum Gasteiger partial charge on any atom is 1.00 e. The van der Waals surface area contributed by atoms with Crippen molar-refractivity contribution in [2.45, 2.75) is 27.2 Å². The van der Waals surface area contributed by atoms with Crippen molar-refractivity contribution in [3.8, 4) is 0 Å². The van der Waals surface area contributed by atoms with Crippen molar-refractivity contribution in [2.24, 2.45) is 5.41 Å². The first-order valence-electron chi connectivity index (χ1n) is 2.62. The summed E-state index contributed by atoms with van der Waals surface area (Å²) in [5, 5.41) is 9.90. The van der Waals surface area contributed by atoms with E-state index in [1.807, 2.05) is 20.8 Å². The van der Waals surface area contributed by atoms with Crippen LogP contribution in [0.5, 0.6) is 0 Å². The third kappa shape index (κ3) is 11.6. The molecular formula is C6H11LiO2. The van der Waals surface area contributed by atoms with Crippen LogP contribution in [0.4, 0.5) is 0 Å². The van der Waals surface area contributed by atoms with Gasteiger partial charge in [0.15, 0.2) is 0 Å². The van der Waals surface area contributed by atoms with Gasteiger partial charge in [-0.3, -0.25) is 0 Å². The van der Waals surface area contributed by atoms with Crippen molar-refractivity contribution in [3.63, 3.8) is 0 Å². The summed E-state index contributed by atoms with van der Waals surface area (Å²) < 4.78 is 0. The van der Waals surface area contributed by atoms with Gasteiger partial charge in [-0.05, 0) is 11.8 Å². The number of rotatable bonds is 1. The molecule has 0 N–H and O–H groups in total. The van der Waals surface area contributed by atoms with E-state index in [1.54, 1.807) is 0 Å². The minimum atomic E-state index is -0.975. The van der Waals surface area contributed by atoms with Gasteiger partial charge in [0, 0.05) is 5.97 Å². The third-order valence-electron chi connectivity index (χ3n) is 0.675. The largest absolute Gasteiger partial charge is 1.00 e. The molecule has 3 heteroatoms. The van der Waals surface area contributed by atoms with E-state index in [9.17, 15) is 9.90 Å². The third-order valence-corrected chi connectivity index (χ3v) is 0.675. The summed E-state index contributed by atoms with van der Waals surface area (Å²) >= 11 is 0. The van der Waals surface area contributed by atoms with Gasteiger partial charge in [0.25, 0.3) is 0 Å². The molecule has 0 spiro atoms. The Morgan fingerprint density at radius 2 is 1.78 bits per heavy atom. The number of aliphatic carboxylic acids is 1. The molecule has 0 rings (SSSR count). The summed E-state index contributed by atoms with van der Waals surface area (Å²) in [6.07, 6.45) is 0.132. The van der Waals surface area contributed by atoms with Gasteiger partial charge in [-0.15, -0.1) is 0 Å². The van der Waals surface area contributed by atoms with E-state index in [0.717, 1.165) is 0 Å². The minimum absolute atomic E-state index is 0. The first kappa shape index (κ1) is 11.8. The summed E-state index contributed by atoms with van der Waals surface area (Å²) in [7, 11) is 0. The van der Waals surface area contributed by atoms with E-state index in [-0.39, 0.29) is 30.7 Å². The van der Waals surface area contributed by atoms with Crippen LogP contribution in [0.1, 0.15) is 27.2 Å². The van der Waals surface area contributed by atoms with Crippen LogP contribution in [0.25, 0.3) is 0 Å². The summed E-state index contributed by atoms with van der Waals surface area (Å²) in [4.78, 5) is 9.90. The van der Waals surface area contributed by atoms with Crippen LogP contribution in [0, 0.1) is 5.41 Å². The van der Waals surface area contributed by atoms with E-state index in [2.05, 4.69) is 0 Å². The first-order chi connectivity index (χ1) is 3.42. The molecule has 0 atom stereocenters. The number of hydrogen-bond acceptors (Lipinski definition) is 2. The Morgan fingerprint density at radius 1 is 1.44 bits per heavy atom. The summed E-state index contributed by atoms with van der Waals surface area (Å²) in [6.45, 7) is 5.59. The molecule has 9 heavy (non-hydrogen) atoms. The topological polar surface area (TPSA) is 40.1 Å². The Kier molecular flexibility index (Phi) is 5.22. The Balaban J connectivity index is 0. The monoisotopic (exact) mass is 122 g/mol. The second-order valence-corrected chi connectivity index (χ2v) is 3.11. The smallest absolute Gasteiger partial charge is 0.550 e. The molecule has 0 saturated heterocycles. The number of carboxylic acid groups (broad SMARTS) is 1. The molecule has 0 aromatic heterocycles. The molecular weight excluding hydrogens is 111 g/mol. The predicted molar refractivity (Wildman–Crippen MR) is 29.1 cm³/mol. The van der Waals surface area contributed by atoms with Crippen LogP contribution in [-0.2, 0) is 4.79 Å². The van der Waals surface area contributed by atoms with Crippen molar-refractivity contribution in [1.29, 1.82) is 0 Å². The fraction of sp³-hybridized carbons (Fsp3) is 0.833. The maximum absolute atomic E-state index is 9.90. The van der Waals surface area contributed by atoms with Crippen molar-refractivity contribution < 1.29 is 28.8 Å². The zero-order chi connectivity index (χ0) is 6.78. The van der Waals surface area contributed by atoms with E-state index >= 15 is 0 Å². The SMILES string of the molecule is CC(C)(C)CC(=O)[O-].[Li+]. The fourth-order valence-corrected chi connectivity index (χ4v) is 0.433. The number of carboxylic acids is 1. The molecule has 0 aliphatic heterocycles. The fourth-order valence-electron chi connectivity index (χ4n) is 0.433.